The molecule has 6 heteroatoms. The molecule has 29 heavy (non-hydrogen) atoms. The lowest BCUT2D eigenvalue weighted by Crippen LogP contribution is -1.95. The van der Waals surface area contributed by atoms with E-state index in [1.807, 2.05) is 16.4 Å². The zero-order valence-corrected chi connectivity index (χ0v) is 17.2. The third-order valence-electron chi connectivity index (χ3n) is 5.45. The van der Waals surface area contributed by atoms with Crippen molar-refractivity contribution in [1.82, 2.24) is 14.0 Å². The van der Waals surface area contributed by atoms with E-state index in [9.17, 15) is 0 Å². The van der Waals surface area contributed by atoms with Crippen LogP contribution in [0.1, 0.15) is 5.56 Å². The number of nitrogens with zero attached hydrogens (tertiary/aromatic N) is 4. The molecule has 3 aromatic carbocycles. The van der Waals surface area contributed by atoms with Crippen LogP contribution in [-0.4, -0.2) is 22.2 Å². The smallest absolute Gasteiger partial charge is 0.228 e. The van der Waals surface area contributed by atoms with Crippen molar-refractivity contribution >= 4 is 73.7 Å². The molecule has 0 spiro atoms. The Kier molecular flexibility index (Phi) is 3.04. The van der Waals surface area contributed by atoms with E-state index in [1.54, 1.807) is 0 Å². The van der Waals surface area contributed by atoms with Crippen LogP contribution in [0.4, 0.5) is 5.88 Å². The van der Waals surface area contributed by atoms with Gasteiger partial charge >= 0.3 is 0 Å². The summed E-state index contributed by atoms with van der Waals surface area (Å²) in [7, 11) is 0. The van der Waals surface area contributed by atoms with E-state index in [0.29, 0.717) is 0 Å². The number of fused-ring (bicyclic) bond motifs is 8. The Balaban J connectivity index is 1.62. The molecule has 0 bridgehead atoms. The largest absolute Gasteiger partial charge is 0.438 e. The highest BCUT2D eigenvalue weighted by atomic mass is 127. The minimum Gasteiger partial charge on any atom is -0.438 e. The fourth-order valence-electron chi connectivity index (χ4n) is 4.20. The van der Waals surface area contributed by atoms with Gasteiger partial charge < -0.3 is 4.42 Å². The lowest BCUT2D eigenvalue weighted by atomic mass is 10.1. The van der Waals surface area contributed by atoms with Gasteiger partial charge in [-0.3, -0.25) is 8.97 Å². The fraction of sp³-hybridized carbons (Fsp3) is 0. The summed E-state index contributed by atoms with van der Waals surface area (Å²) in [5, 5.41) is 1.11. The Morgan fingerprint density at radius 1 is 0.862 bits per heavy atom. The molecule has 0 fully saturated rings. The number of hydrogen-bond donors (Lipinski definition) is 0. The van der Waals surface area contributed by atoms with Crippen molar-refractivity contribution in [2.24, 2.45) is 4.99 Å². The number of furan rings is 1. The number of halogens is 1. The van der Waals surface area contributed by atoms with Gasteiger partial charge in [-0.05, 0) is 46.5 Å². The van der Waals surface area contributed by atoms with Crippen LogP contribution in [0, 0.1) is 0 Å². The molecule has 0 radical (unpaired) electrons. The Morgan fingerprint density at radius 3 is 2.62 bits per heavy atom. The summed E-state index contributed by atoms with van der Waals surface area (Å²) in [5.41, 5.74) is 7.46. The Morgan fingerprint density at radius 2 is 1.69 bits per heavy atom. The first-order valence-electron chi connectivity index (χ1n) is 9.30. The first-order valence-corrected chi connectivity index (χ1v) is 11.8. The number of rotatable bonds is 1. The van der Waals surface area contributed by atoms with Crippen LogP contribution in [0.15, 0.2) is 76.1 Å². The highest BCUT2D eigenvalue weighted by Gasteiger charge is 2.19. The number of benzene rings is 3. The van der Waals surface area contributed by atoms with E-state index >= 15 is 0 Å². The standard InChI is InChI=1S/C23H13IN4O/c1-2-6-18-17(5-1)26-23-27(19-7-3-4-8-20(19)28(18)23)14-9-10-21-15(11-14)16-12-24-13-25-22(16)29-21/h1-13H. The van der Waals surface area contributed by atoms with Gasteiger partial charge in [0.2, 0.25) is 11.7 Å². The maximum Gasteiger partial charge on any atom is 0.228 e. The molecule has 7 rings (SSSR count). The van der Waals surface area contributed by atoms with Crippen LogP contribution < -0.4 is 0 Å². The number of aromatic nitrogens is 3. The Hall–Kier alpha value is -3.26. The lowest BCUT2D eigenvalue weighted by Gasteiger charge is -2.05. The Labute approximate surface area is 174 Å². The third-order valence-corrected chi connectivity index (χ3v) is 7.03. The van der Waals surface area contributed by atoms with Gasteiger partial charge in [0.05, 0.1) is 37.5 Å². The van der Waals surface area contributed by atoms with E-state index in [-0.39, 0.29) is 20.7 Å². The normalized spacial score (nSPS) is 13.5. The van der Waals surface area contributed by atoms with Gasteiger partial charge in [-0.1, -0.05) is 45.0 Å². The summed E-state index contributed by atoms with van der Waals surface area (Å²) in [6.07, 6.45) is 0. The topological polar surface area (TPSA) is 47.7 Å². The van der Waals surface area contributed by atoms with E-state index in [1.165, 1.54) is 0 Å². The van der Waals surface area contributed by atoms with Gasteiger partial charge in [-0.25, -0.2) is 9.98 Å². The molecule has 138 valence electrons. The SMILES string of the molecule is C1=Nc2oc3ccc(-n4c5ccccc5n5c6ccccc6nc45)cc3c2C=I1. The minimum atomic E-state index is -0.150. The van der Waals surface area contributed by atoms with Crippen LogP contribution >= 0.6 is 20.7 Å². The Bertz CT molecular complexity index is 1660. The van der Waals surface area contributed by atoms with Crippen LogP contribution in [0.5, 0.6) is 0 Å². The average Bonchev–Trinajstić information content (AvgIpc) is 3.41. The van der Waals surface area contributed by atoms with Crippen molar-refractivity contribution in [3.8, 4) is 5.69 Å². The summed E-state index contributed by atoms with van der Waals surface area (Å²) in [6.45, 7) is 0. The molecule has 3 aromatic heterocycles. The van der Waals surface area contributed by atoms with Crippen molar-refractivity contribution < 1.29 is 4.42 Å². The minimum absolute atomic E-state index is 0.150. The number of imidazole rings is 2. The zero-order valence-electron chi connectivity index (χ0n) is 15.1. The molecule has 0 atom stereocenters. The molecular weight excluding hydrogens is 475 g/mol. The van der Waals surface area contributed by atoms with E-state index in [2.05, 4.69) is 72.6 Å². The lowest BCUT2D eigenvalue weighted by molar-refractivity contribution is 0.626. The summed E-state index contributed by atoms with van der Waals surface area (Å²) < 4.78 is 14.7. The van der Waals surface area contributed by atoms with Crippen LogP contribution in [0.2, 0.25) is 0 Å². The first-order chi connectivity index (χ1) is 14.4. The molecule has 1 aliphatic heterocycles. The molecule has 5 nitrogen and oxygen atoms in total. The second-order valence-corrected chi connectivity index (χ2v) is 8.92. The number of para-hydroxylation sites is 4. The molecule has 4 heterocycles. The van der Waals surface area contributed by atoms with Gasteiger partial charge in [-0.2, -0.15) is 0 Å². The third kappa shape index (κ3) is 2.06. The molecule has 0 unspecified atom stereocenters. The monoisotopic (exact) mass is 488 g/mol. The molecular formula is C23H13IN4O. The highest BCUT2D eigenvalue weighted by Crippen LogP contribution is 2.36. The molecule has 6 aromatic rings. The predicted octanol–water partition coefficient (Wildman–Crippen LogP) is 5.97. The van der Waals surface area contributed by atoms with Gasteiger partial charge in [0.1, 0.15) is 5.58 Å². The highest BCUT2D eigenvalue weighted by molar-refractivity contribution is 14.2. The van der Waals surface area contributed by atoms with Crippen molar-refractivity contribution in [2.75, 3.05) is 0 Å². The first kappa shape index (κ1) is 15.6. The van der Waals surface area contributed by atoms with Crippen molar-refractivity contribution in [2.45, 2.75) is 0 Å². The molecule has 1 aliphatic rings. The molecule has 0 N–H and O–H groups in total. The number of aliphatic imine (C=N–C) groups is 1. The molecule has 0 aliphatic carbocycles. The summed E-state index contributed by atoms with van der Waals surface area (Å²) in [5.74, 6) is 1.63. The van der Waals surface area contributed by atoms with Crippen LogP contribution in [0.3, 0.4) is 0 Å². The number of hydrogen-bond acceptors (Lipinski definition) is 3. The van der Waals surface area contributed by atoms with Crippen LogP contribution in [0.25, 0.3) is 44.5 Å². The van der Waals surface area contributed by atoms with Crippen LogP contribution in [-0.2, 0) is 0 Å². The quantitative estimate of drug-likeness (QED) is 0.268. The average molecular weight is 488 g/mol. The maximum absolute atomic E-state index is 5.94. The second-order valence-electron chi connectivity index (χ2n) is 7.02. The van der Waals surface area contributed by atoms with Gasteiger partial charge in [-0.15, -0.1) is 0 Å². The molecule has 0 amide bonds. The van der Waals surface area contributed by atoms with Crippen molar-refractivity contribution in [1.29, 1.82) is 0 Å². The van der Waals surface area contributed by atoms with E-state index < -0.39 is 0 Å². The predicted molar refractivity (Wildman–Crippen MR) is 127 cm³/mol. The van der Waals surface area contributed by atoms with Gasteiger partial charge in [0, 0.05) is 5.39 Å². The molecule has 0 saturated carbocycles. The van der Waals surface area contributed by atoms with Gasteiger partial charge in [0.25, 0.3) is 0 Å². The zero-order chi connectivity index (χ0) is 18.9. The van der Waals surface area contributed by atoms with E-state index in [0.717, 1.165) is 55.9 Å². The van der Waals surface area contributed by atoms with Gasteiger partial charge in [0.15, 0.2) is 0 Å². The van der Waals surface area contributed by atoms with Crippen molar-refractivity contribution in [3.63, 3.8) is 0 Å². The second kappa shape index (κ2) is 5.64. The molecule has 0 saturated heterocycles. The summed E-state index contributed by atoms with van der Waals surface area (Å²) >= 11 is -0.150. The van der Waals surface area contributed by atoms with E-state index in [4.69, 9.17) is 9.40 Å². The fourth-order valence-corrected chi connectivity index (χ4v) is 5.74. The van der Waals surface area contributed by atoms with Crippen molar-refractivity contribution in [3.05, 3.63) is 72.3 Å². The maximum atomic E-state index is 5.94. The summed E-state index contributed by atoms with van der Waals surface area (Å²) in [6, 6.07) is 23.1. The summed E-state index contributed by atoms with van der Waals surface area (Å²) in [4.78, 5) is 9.41.